The number of hydrogen-bond donors (Lipinski definition) is 1. The molecule has 0 aliphatic carbocycles. The Hall–Kier alpha value is -3.47. The molecule has 40 heavy (non-hydrogen) atoms. The van der Waals surface area contributed by atoms with Crippen molar-refractivity contribution in [2.24, 2.45) is 0 Å². The minimum absolute atomic E-state index is 0.0749. The van der Waals surface area contributed by atoms with Gasteiger partial charge in [0.2, 0.25) is 21.8 Å². The number of nitrogens with one attached hydrogen (secondary N) is 1. The van der Waals surface area contributed by atoms with E-state index in [4.69, 9.17) is 14.2 Å². The smallest absolute Gasteiger partial charge is 0.242 e. The third-order valence-electron chi connectivity index (χ3n) is 6.69. The van der Waals surface area contributed by atoms with Crippen LogP contribution in [-0.2, 0) is 26.2 Å². The van der Waals surface area contributed by atoms with Gasteiger partial charge in [0.1, 0.15) is 25.0 Å². The van der Waals surface area contributed by atoms with Gasteiger partial charge in [-0.25, -0.2) is 8.42 Å². The van der Waals surface area contributed by atoms with Crippen LogP contribution in [0.3, 0.4) is 0 Å². The summed E-state index contributed by atoms with van der Waals surface area (Å²) in [6.07, 6.45) is 3.74. The summed E-state index contributed by atoms with van der Waals surface area (Å²) in [5, 5.41) is 2.95. The Kier molecular flexibility index (Phi) is 11.5. The van der Waals surface area contributed by atoms with Crippen LogP contribution in [0.2, 0.25) is 0 Å². The summed E-state index contributed by atoms with van der Waals surface area (Å²) >= 11 is 0. The predicted octanol–water partition coefficient (Wildman–Crippen LogP) is 3.74. The summed E-state index contributed by atoms with van der Waals surface area (Å²) in [6, 6.07) is 11.7. The van der Waals surface area contributed by atoms with Gasteiger partial charge in [-0.3, -0.25) is 13.9 Å². The highest BCUT2D eigenvalue weighted by Crippen LogP contribution is 2.34. The molecule has 220 valence electrons. The van der Waals surface area contributed by atoms with Gasteiger partial charge in [-0.1, -0.05) is 32.4 Å². The van der Waals surface area contributed by atoms with Crippen molar-refractivity contribution in [2.75, 3.05) is 44.0 Å². The number of carbonyl (C=O) groups is 2. The van der Waals surface area contributed by atoms with Gasteiger partial charge in [-0.05, 0) is 49.1 Å². The van der Waals surface area contributed by atoms with Crippen molar-refractivity contribution in [1.29, 1.82) is 0 Å². The second-order valence-corrected chi connectivity index (χ2v) is 11.6. The molecule has 0 aromatic heterocycles. The second-order valence-electron chi connectivity index (χ2n) is 9.70. The monoisotopic (exact) mass is 575 g/mol. The number of anilines is 1. The standard InChI is InChI=1S/C29H41N3O7S/c1-5-7-16-30-29(34)25(6-2)31(21-22-10-13-24(37-3)14-11-22)28(33)9-8-17-32(40(4,35)36)23-12-15-26-27(20-23)39-19-18-38-26/h10-15,20,25H,5-9,16-19,21H2,1-4H3,(H,30,34)/t25-/m0/s1. The van der Waals surface area contributed by atoms with Crippen LogP contribution in [0.4, 0.5) is 5.69 Å². The molecule has 1 aliphatic rings. The molecule has 0 unspecified atom stereocenters. The first-order chi connectivity index (χ1) is 19.2. The summed E-state index contributed by atoms with van der Waals surface area (Å²) in [5.41, 5.74) is 1.30. The molecule has 2 aromatic carbocycles. The molecule has 0 saturated heterocycles. The quantitative estimate of drug-likeness (QED) is 0.322. The molecule has 11 heteroatoms. The highest BCUT2D eigenvalue weighted by atomic mass is 32.2. The maximum absolute atomic E-state index is 13.6. The lowest BCUT2D eigenvalue weighted by atomic mass is 10.1. The molecule has 1 aliphatic heterocycles. The maximum Gasteiger partial charge on any atom is 0.242 e. The number of rotatable bonds is 15. The minimum Gasteiger partial charge on any atom is -0.497 e. The van der Waals surface area contributed by atoms with Gasteiger partial charge in [0.15, 0.2) is 11.5 Å². The number of ether oxygens (including phenoxy) is 3. The van der Waals surface area contributed by atoms with E-state index in [1.807, 2.05) is 38.1 Å². The molecule has 2 aromatic rings. The Bertz CT molecular complexity index is 1230. The predicted molar refractivity (Wildman–Crippen MR) is 154 cm³/mol. The molecule has 0 fully saturated rings. The van der Waals surface area contributed by atoms with Crippen LogP contribution in [0.15, 0.2) is 42.5 Å². The van der Waals surface area contributed by atoms with E-state index in [-0.39, 0.29) is 37.7 Å². The van der Waals surface area contributed by atoms with Crippen molar-refractivity contribution in [2.45, 2.75) is 58.5 Å². The van der Waals surface area contributed by atoms with E-state index in [2.05, 4.69) is 5.32 Å². The first kappa shape index (κ1) is 31.1. The first-order valence-electron chi connectivity index (χ1n) is 13.7. The molecule has 0 radical (unpaired) electrons. The Morgan fingerprint density at radius 2 is 1.73 bits per heavy atom. The highest BCUT2D eigenvalue weighted by Gasteiger charge is 2.29. The maximum atomic E-state index is 13.6. The fourth-order valence-electron chi connectivity index (χ4n) is 4.54. The number of unbranched alkanes of at least 4 members (excludes halogenated alkanes) is 1. The van der Waals surface area contributed by atoms with Crippen LogP contribution in [0.25, 0.3) is 0 Å². The van der Waals surface area contributed by atoms with E-state index in [1.54, 1.807) is 30.2 Å². The summed E-state index contributed by atoms with van der Waals surface area (Å²) in [5.74, 6) is 1.34. The number of carbonyl (C=O) groups excluding carboxylic acids is 2. The molecule has 10 nitrogen and oxygen atoms in total. The summed E-state index contributed by atoms with van der Waals surface area (Å²) in [6.45, 7) is 5.65. The van der Waals surface area contributed by atoms with Gasteiger partial charge >= 0.3 is 0 Å². The average molecular weight is 576 g/mol. The van der Waals surface area contributed by atoms with Crippen molar-refractivity contribution in [3.8, 4) is 17.2 Å². The Labute approximate surface area is 237 Å². The van der Waals surface area contributed by atoms with Crippen molar-refractivity contribution in [3.05, 3.63) is 48.0 Å². The fraction of sp³-hybridized carbons (Fsp3) is 0.517. The van der Waals surface area contributed by atoms with Crippen molar-refractivity contribution in [3.63, 3.8) is 0 Å². The zero-order chi connectivity index (χ0) is 29.1. The third-order valence-corrected chi connectivity index (χ3v) is 7.89. The molecule has 0 spiro atoms. The van der Waals surface area contributed by atoms with E-state index in [9.17, 15) is 18.0 Å². The van der Waals surface area contributed by atoms with E-state index < -0.39 is 16.1 Å². The second kappa shape index (κ2) is 14.8. The number of sulfonamides is 1. The van der Waals surface area contributed by atoms with Crippen LogP contribution in [0.5, 0.6) is 17.2 Å². The topological polar surface area (TPSA) is 114 Å². The number of fused-ring (bicyclic) bond motifs is 1. The number of hydrogen-bond acceptors (Lipinski definition) is 7. The lowest BCUT2D eigenvalue weighted by Gasteiger charge is -2.31. The van der Waals surface area contributed by atoms with Gasteiger partial charge in [-0.2, -0.15) is 0 Å². The average Bonchev–Trinajstić information content (AvgIpc) is 2.94. The Morgan fingerprint density at radius 1 is 1.02 bits per heavy atom. The minimum atomic E-state index is -3.63. The lowest BCUT2D eigenvalue weighted by molar-refractivity contribution is -0.141. The zero-order valence-corrected chi connectivity index (χ0v) is 24.7. The van der Waals surface area contributed by atoms with Gasteiger partial charge < -0.3 is 24.4 Å². The number of benzene rings is 2. The van der Waals surface area contributed by atoms with Gasteiger partial charge in [-0.15, -0.1) is 0 Å². The number of methoxy groups -OCH3 is 1. The third kappa shape index (κ3) is 8.51. The highest BCUT2D eigenvalue weighted by molar-refractivity contribution is 7.92. The van der Waals surface area contributed by atoms with E-state index in [1.165, 1.54) is 4.31 Å². The largest absolute Gasteiger partial charge is 0.497 e. The van der Waals surface area contributed by atoms with E-state index in [0.29, 0.717) is 49.1 Å². The molecular weight excluding hydrogens is 534 g/mol. The first-order valence-corrected chi connectivity index (χ1v) is 15.6. The summed E-state index contributed by atoms with van der Waals surface area (Å²) in [4.78, 5) is 28.2. The summed E-state index contributed by atoms with van der Waals surface area (Å²) < 4.78 is 43.0. The lowest BCUT2D eigenvalue weighted by Crippen LogP contribution is -2.49. The zero-order valence-electron chi connectivity index (χ0n) is 23.9. The molecule has 3 rings (SSSR count). The molecule has 0 bridgehead atoms. The van der Waals surface area contributed by atoms with Crippen LogP contribution in [0, 0.1) is 0 Å². The molecule has 1 atom stereocenters. The molecule has 1 N–H and O–H groups in total. The van der Waals surface area contributed by atoms with E-state index in [0.717, 1.165) is 24.7 Å². The fourth-order valence-corrected chi connectivity index (χ4v) is 5.50. The normalized spacial score (nSPS) is 13.3. The number of amides is 2. The van der Waals surface area contributed by atoms with Gasteiger partial charge in [0.25, 0.3) is 0 Å². The van der Waals surface area contributed by atoms with Crippen molar-refractivity contribution < 1.29 is 32.2 Å². The Morgan fingerprint density at radius 3 is 2.35 bits per heavy atom. The van der Waals surface area contributed by atoms with Crippen LogP contribution >= 0.6 is 0 Å². The van der Waals surface area contributed by atoms with Crippen LogP contribution < -0.4 is 23.8 Å². The molecule has 2 amide bonds. The van der Waals surface area contributed by atoms with Crippen molar-refractivity contribution >= 4 is 27.5 Å². The molecule has 0 saturated carbocycles. The van der Waals surface area contributed by atoms with Crippen molar-refractivity contribution in [1.82, 2.24) is 10.2 Å². The van der Waals surface area contributed by atoms with Gasteiger partial charge in [0, 0.05) is 32.1 Å². The van der Waals surface area contributed by atoms with Crippen LogP contribution in [0.1, 0.15) is 51.5 Å². The van der Waals surface area contributed by atoms with Gasteiger partial charge in [0.05, 0.1) is 19.1 Å². The van der Waals surface area contributed by atoms with E-state index >= 15 is 0 Å². The molecule has 1 heterocycles. The summed E-state index contributed by atoms with van der Waals surface area (Å²) in [7, 11) is -2.04. The Balaban J connectivity index is 1.75. The SMILES string of the molecule is CCCCNC(=O)[C@H](CC)N(Cc1ccc(OC)cc1)C(=O)CCCN(c1ccc2c(c1)OCCO2)S(C)(=O)=O. The number of nitrogens with zero attached hydrogens (tertiary/aromatic N) is 2. The molecular formula is C29H41N3O7S. The van der Waals surface area contributed by atoms with Crippen LogP contribution in [-0.4, -0.2) is 70.8 Å².